The maximum absolute atomic E-state index is 14.5. The number of quaternary nitrogens is 1. The largest absolute Gasteiger partial charge is 0.461 e. The Morgan fingerprint density at radius 3 is 3.00 bits per heavy atom. The lowest BCUT2D eigenvalue weighted by molar-refractivity contribution is -0.605. The van der Waals surface area contributed by atoms with Gasteiger partial charge < -0.3 is 30.4 Å². The van der Waals surface area contributed by atoms with Gasteiger partial charge in [0.1, 0.15) is 29.3 Å². The normalized spacial score (nSPS) is 29.4. The lowest BCUT2D eigenvalue weighted by Crippen LogP contribution is -2.83. The van der Waals surface area contributed by atoms with E-state index in [1.807, 2.05) is 19.2 Å². The minimum absolute atomic E-state index is 0.293. The van der Waals surface area contributed by atoms with Gasteiger partial charge in [-0.3, -0.25) is 4.90 Å². The third-order valence-corrected chi connectivity index (χ3v) is 11.0. The second-order valence-corrected chi connectivity index (χ2v) is 13.7. The first-order chi connectivity index (χ1) is 21.3. The standard InChI is InChI=1S/C32H40Cl2FN7O2/c1-37-15-25(36)28(34)27-17-41(11-4-10-38-27)29-22-18-44-32(9-7-21-23(32)5-2-6-24(21)33)14-26(22)39-30(40-29)43-19-31-8-3-12-42(31)16-20(35)13-31/h2,5-6,20,36-38H,3-4,7-19H2,1H3/p+1/b28-27+,36-25?/t20?,31-,32-/m0/s1. The third-order valence-electron chi connectivity index (χ3n) is 10.2. The Balaban J connectivity index is 1.25. The van der Waals surface area contributed by atoms with Crippen LogP contribution in [-0.2, 0) is 29.8 Å². The van der Waals surface area contributed by atoms with E-state index in [0.717, 1.165) is 90.7 Å². The number of benzene rings is 1. The molecule has 3 atom stereocenters. The fourth-order valence-corrected chi connectivity index (χ4v) is 8.50. The first kappa shape index (κ1) is 30.3. The Morgan fingerprint density at radius 1 is 1.25 bits per heavy atom. The Kier molecular flexibility index (Phi) is 8.35. The molecule has 1 unspecified atom stereocenters. The Labute approximate surface area is 268 Å². The molecule has 1 aromatic heterocycles. The number of aromatic nitrogens is 2. The van der Waals surface area contributed by atoms with E-state index in [9.17, 15) is 4.39 Å². The SMILES string of the molecule is CNCC(=N)/C(Cl)=C1/CN(c2nc(OC[C@@]34CCCN3CC(F)C4)nc3c2CO[C@@]2(CCc4c(Cl)cccc42)C3)CCC[NH2+]1. The number of hydrogen-bond acceptors (Lipinski definition) is 8. The highest BCUT2D eigenvalue weighted by atomic mass is 35.5. The van der Waals surface area contributed by atoms with E-state index < -0.39 is 11.8 Å². The number of alkyl halides is 1. The van der Waals surface area contributed by atoms with Crippen LogP contribution in [0.15, 0.2) is 28.9 Å². The van der Waals surface area contributed by atoms with E-state index in [4.69, 9.17) is 48.1 Å². The molecule has 0 saturated carbocycles. The summed E-state index contributed by atoms with van der Waals surface area (Å²) < 4.78 is 27.7. The summed E-state index contributed by atoms with van der Waals surface area (Å²) in [6, 6.07) is 6.40. The van der Waals surface area contributed by atoms with Crippen LogP contribution in [0.1, 0.15) is 54.5 Å². The van der Waals surface area contributed by atoms with Crippen molar-refractivity contribution in [3.8, 4) is 6.01 Å². The minimum atomic E-state index is -0.824. The summed E-state index contributed by atoms with van der Waals surface area (Å²) >= 11 is 13.3. The van der Waals surface area contributed by atoms with Gasteiger partial charge in [-0.15, -0.1) is 0 Å². The zero-order valence-corrected chi connectivity index (χ0v) is 26.7. The van der Waals surface area contributed by atoms with Crippen LogP contribution in [0.4, 0.5) is 10.2 Å². The van der Waals surface area contributed by atoms with Crippen molar-refractivity contribution in [2.24, 2.45) is 0 Å². The van der Waals surface area contributed by atoms with Crippen molar-refractivity contribution < 1.29 is 19.2 Å². The number of anilines is 1. The van der Waals surface area contributed by atoms with Crippen molar-refractivity contribution in [2.75, 3.05) is 57.8 Å². The average molecular weight is 646 g/mol. The summed E-state index contributed by atoms with van der Waals surface area (Å²) in [7, 11) is 1.81. The van der Waals surface area contributed by atoms with E-state index in [2.05, 4.69) is 26.5 Å². The van der Waals surface area contributed by atoms with Crippen LogP contribution in [0.3, 0.4) is 0 Å². The quantitative estimate of drug-likeness (QED) is 0.397. The molecule has 1 spiro atoms. The second kappa shape index (κ2) is 12.1. The highest BCUT2D eigenvalue weighted by Gasteiger charge is 2.50. The molecule has 0 bridgehead atoms. The molecule has 4 aliphatic heterocycles. The maximum atomic E-state index is 14.5. The van der Waals surface area contributed by atoms with Crippen LogP contribution >= 0.6 is 23.2 Å². The summed E-state index contributed by atoms with van der Waals surface area (Å²) in [5.41, 5.74) is 4.69. The molecule has 5 heterocycles. The van der Waals surface area contributed by atoms with Crippen molar-refractivity contribution in [1.82, 2.24) is 20.2 Å². The van der Waals surface area contributed by atoms with E-state index >= 15 is 0 Å². The maximum Gasteiger partial charge on any atom is 0.318 e. The first-order valence-corrected chi connectivity index (χ1v) is 16.6. The van der Waals surface area contributed by atoms with E-state index in [1.165, 1.54) is 0 Å². The van der Waals surface area contributed by atoms with Gasteiger partial charge in [0, 0.05) is 49.5 Å². The van der Waals surface area contributed by atoms with E-state index in [1.54, 1.807) is 0 Å². The van der Waals surface area contributed by atoms with Gasteiger partial charge in [0.25, 0.3) is 0 Å². The molecule has 4 N–H and O–H groups in total. The predicted octanol–water partition coefficient (Wildman–Crippen LogP) is 3.46. The fourth-order valence-electron chi connectivity index (χ4n) is 8.03. The number of nitrogens with one attached hydrogen (secondary N) is 2. The molecule has 44 heavy (non-hydrogen) atoms. The highest BCUT2D eigenvalue weighted by Crippen LogP contribution is 2.49. The molecule has 3 saturated heterocycles. The van der Waals surface area contributed by atoms with Gasteiger partial charge in [-0.1, -0.05) is 35.3 Å². The molecule has 7 rings (SSSR count). The zero-order valence-electron chi connectivity index (χ0n) is 25.2. The van der Waals surface area contributed by atoms with E-state index in [0.29, 0.717) is 62.4 Å². The minimum Gasteiger partial charge on any atom is -0.461 e. The fraction of sp³-hybridized carbons (Fsp3) is 0.594. The van der Waals surface area contributed by atoms with Gasteiger partial charge in [-0.05, 0) is 56.5 Å². The van der Waals surface area contributed by atoms with Gasteiger partial charge >= 0.3 is 6.01 Å². The number of halogens is 3. The Hall–Kier alpha value is -2.34. The summed E-state index contributed by atoms with van der Waals surface area (Å²) in [6.45, 7) is 4.70. The highest BCUT2D eigenvalue weighted by molar-refractivity contribution is 6.43. The van der Waals surface area contributed by atoms with Crippen molar-refractivity contribution in [3.05, 3.63) is 56.3 Å². The second-order valence-electron chi connectivity index (χ2n) is 13.0. The third kappa shape index (κ3) is 5.41. The zero-order chi connectivity index (χ0) is 30.5. The molecular weight excluding hydrogens is 604 g/mol. The molecule has 12 heteroatoms. The van der Waals surface area contributed by atoms with E-state index in [-0.39, 0.29) is 5.54 Å². The topological polar surface area (TPSA) is 103 Å². The summed E-state index contributed by atoms with van der Waals surface area (Å²) in [5.74, 6) is 0.789. The van der Waals surface area contributed by atoms with Crippen LogP contribution in [0.25, 0.3) is 0 Å². The number of ether oxygens (including phenoxy) is 2. The summed E-state index contributed by atoms with van der Waals surface area (Å²) in [6.07, 6.45) is 4.87. The van der Waals surface area contributed by atoms with Gasteiger partial charge in [0.05, 0.1) is 42.2 Å². The van der Waals surface area contributed by atoms with Gasteiger partial charge in [0.2, 0.25) is 0 Å². The average Bonchev–Trinajstić information content (AvgIpc) is 3.58. The predicted molar refractivity (Wildman–Crippen MR) is 169 cm³/mol. The smallest absolute Gasteiger partial charge is 0.318 e. The van der Waals surface area contributed by atoms with Crippen LogP contribution in [0.5, 0.6) is 6.01 Å². The molecule has 3 fully saturated rings. The molecule has 2 aromatic rings. The van der Waals surface area contributed by atoms with Crippen molar-refractivity contribution in [3.63, 3.8) is 0 Å². The van der Waals surface area contributed by atoms with Gasteiger partial charge in [-0.2, -0.15) is 9.97 Å². The van der Waals surface area contributed by atoms with Crippen molar-refractivity contribution in [1.29, 1.82) is 5.41 Å². The van der Waals surface area contributed by atoms with Crippen LogP contribution in [0.2, 0.25) is 5.02 Å². The van der Waals surface area contributed by atoms with Gasteiger partial charge in [-0.25, -0.2) is 4.39 Å². The number of fused-ring (bicyclic) bond motifs is 4. The number of hydrogen-bond donors (Lipinski definition) is 3. The van der Waals surface area contributed by atoms with Crippen molar-refractivity contribution >= 4 is 34.7 Å². The van der Waals surface area contributed by atoms with Crippen LogP contribution < -0.4 is 20.3 Å². The molecule has 5 aliphatic rings. The number of nitrogens with zero attached hydrogens (tertiary/aromatic N) is 4. The summed E-state index contributed by atoms with van der Waals surface area (Å²) in [5, 5.41) is 14.9. The molecule has 1 aromatic carbocycles. The van der Waals surface area contributed by atoms with Crippen LogP contribution in [0, 0.1) is 5.41 Å². The summed E-state index contributed by atoms with van der Waals surface area (Å²) in [4.78, 5) is 14.5. The molecule has 236 valence electrons. The molecule has 0 amide bonds. The number of nitrogens with two attached hydrogens (primary N) is 1. The lowest BCUT2D eigenvalue weighted by Gasteiger charge is -2.37. The molecule has 0 radical (unpaired) electrons. The Bertz CT molecular complexity index is 1490. The molecule has 9 nitrogen and oxygen atoms in total. The Morgan fingerprint density at radius 2 is 2.14 bits per heavy atom. The monoisotopic (exact) mass is 644 g/mol. The van der Waals surface area contributed by atoms with Gasteiger partial charge in [0.15, 0.2) is 0 Å². The molecule has 1 aliphatic carbocycles. The van der Waals surface area contributed by atoms with Crippen molar-refractivity contribution in [2.45, 2.75) is 68.9 Å². The molecular formula is C32H41Cl2FN7O2+. The first-order valence-electron chi connectivity index (χ1n) is 15.8. The van der Waals surface area contributed by atoms with Crippen LogP contribution in [-0.4, -0.2) is 85.2 Å². The number of rotatable bonds is 7. The lowest BCUT2D eigenvalue weighted by atomic mass is 9.87.